The number of hydrogen-bond acceptors (Lipinski definition) is 7. The molecule has 1 aliphatic rings. The Hall–Kier alpha value is -4.66. The zero-order valence-electron chi connectivity index (χ0n) is 28.5. The van der Waals surface area contributed by atoms with E-state index in [2.05, 4.69) is 11.6 Å². The number of methoxy groups -OCH3 is 1. The zero-order chi connectivity index (χ0) is 36.0. The van der Waals surface area contributed by atoms with Crippen LogP contribution in [0.2, 0.25) is 0 Å². The second kappa shape index (κ2) is 13.9. The molecule has 2 atom stereocenters. The minimum Gasteiger partial charge on any atom is -0.382 e. The summed E-state index contributed by atoms with van der Waals surface area (Å²) in [6.07, 6.45) is 0.718. The number of nitrogens with zero attached hydrogens (tertiary/aromatic N) is 6. The number of carbonyl (C=O) groups excluding carboxylic acids is 1. The molecule has 5 heterocycles. The summed E-state index contributed by atoms with van der Waals surface area (Å²) in [5, 5.41) is 6.21. The number of rotatable bonds is 10. The molecule has 4 aromatic heterocycles. The summed E-state index contributed by atoms with van der Waals surface area (Å²) in [5.41, 5.74) is 3.48. The lowest BCUT2D eigenvalue weighted by Gasteiger charge is -2.38. The quantitative estimate of drug-likeness (QED) is 0.0630. The molecule has 9 nitrogen and oxygen atoms in total. The van der Waals surface area contributed by atoms with E-state index in [4.69, 9.17) is 19.6 Å². The molecule has 0 N–H and O–H groups in total. The van der Waals surface area contributed by atoms with Crippen LogP contribution in [0.15, 0.2) is 59.8 Å². The van der Waals surface area contributed by atoms with Crippen molar-refractivity contribution >= 4 is 43.9 Å². The van der Waals surface area contributed by atoms with Crippen LogP contribution in [-0.4, -0.2) is 68.1 Å². The molecule has 262 valence electrons. The maximum Gasteiger partial charge on any atom is 0.282 e. The average Bonchev–Trinajstić information content (AvgIpc) is 3.75. The Kier molecular flexibility index (Phi) is 9.80. The minimum atomic E-state index is -1.08. The summed E-state index contributed by atoms with van der Waals surface area (Å²) in [5.74, 6) is -3.52. The summed E-state index contributed by atoms with van der Waals surface area (Å²) >= 11 is 1.10. The number of allylic oxidation sites excluding steroid dienone is 3. The molecule has 1 amide bonds. The van der Waals surface area contributed by atoms with Crippen molar-refractivity contribution in [1.82, 2.24) is 29.2 Å². The number of pyridine rings is 1. The van der Waals surface area contributed by atoms with Gasteiger partial charge in [0.05, 0.1) is 71.0 Å². The number of imidazole rings is 1. The van der Waals surface area contributed by atoms with E-state index in [1.807, 2.05) is 36.7 Å². The van der Waals surface area contributed by atoms with E-state index in [9.17, 15) is 13.6 Å². The normalized spacial score (nSPS) is 17.1. The van der Waals surface area contributed by atoms with Gasteiger partial charge in [0, 0.05) is 53.7 Å². The highest BCUT2D eigenvalue weighted by molar-refractivity contribution is 7.17. The van der Waals surface area contributed by atoms with E-state index >= 15 is 8.78 Å². The molecule has 50 heavy (non-hydrogen) atoms. The summed E-state index contributed by atoms with van der Waals surface area (Å²) in [6.45, 7) is 9.83. The Morgan fingerprint density at radius 2 is 1.90 bits per heavy atom. The van der Waals surface area contributed by atoms with Gasteiger partial charge in [-0.1, -0.05) is 12.6 Å². The van der Waals surface area contributed by atoms with Gasteiger partial charge in [0.2, 0.25) is 0 Å². The molecule has 0 saturated carbocycles. The van der Waals surface area contributed by atoms with Crippen LogP contribution in [0.5, 0.6) is 0 Å². The summed E-state index contributed by atoms with van der Waals surface area (Å²) in [7, 11) is 3.40. The largest absolute Gasteiger partial charge is 0.382 e. The number of thiophene rings is 1. The smallest absolute Gasteiger partial charge is 0.282 e. The molecule has 0 bridgehead atoms. The van der Waals surface area contributed by atoms with Crippen molar-refractivity contribution in [2.45, 2.75) is 46.3 Å². The van der Waals surface area contributed by atoms with Crippen molar-refractivity contribution in [2.24, 2.45) is 7.05 Å². The van der Waals surface area contributed by atoms with E-state index in [-0.39, 0.29) is 54.3 Å². The fourth-order valence-electron chi connectivity index (χ4n) is 6.47. The third-order valence-electron chi connectivity index (χ3n) is 8.92. The second-order valence-corrected chi connectivity index (χ2v) is 13.2. The van der Waals surface area contributed by atoms with E-state index < -0.39 is 41.3 Å². The minimum absolute atomic E-state index is 0.0471. The molecule has 0 unspecified atom stereocenters. The van der Waals surface area contributed by atoms with Crippen LogP contribution >= 0.6 is 11.3 Å². The molecule has 0 saturated heterocycles. The molecule has 6 rings (SSSR count). The molecule has 1 aliphatic heterocycles. The number of halogens is 4. The van der Waals surface area contributed by atoms with Crippen molar-refractivity contribution in [3.05, 3.63) is 82.7 Å². The van der Waals surface area contributed by atoms with Gasteiger partial charge in [0.25, 0.3) is 5.91 Å². The number of amides is 1. The average molecular weight is 709 g/mol. The van der Waals surface area contributed by atoms with Crippen LogP contribution in [-0.2, 0) is 27.9 Å². The van der Waals surface area contributed by atoms with Gasteiger partial charge in [0.15, 0.2) is 5.83 Å². The van der Waals surface area contributed by atoms with Gasteiger partial charge in [-0.25, -0.2) is 27.5 Å². The van der Waals surface area contributed by atoms with Gasteiger partial charge in [-0.15, -0.1) is 11.3 Å². The second-order valence-electron chi connectivity index (χ2n) is 12.3. The van der Waals surface area contributed by atoms with Crippen molar-refractivity contribution in [3.63, 3.8) is 0 Å². The predicted octanol–water partition coefficient (Wildman–Crippen LogP) is 8.15. The maximum absolute atomic E-state index is 16.2. The highest BCUT2D eigenvalue weighted by Crippen LogP contribution is 2.45. The molecule has 14 heteroatoms. The lowest BCUT2D eigenvalue weighted by atomic mass is 9.95. The summed E-state index contributed by atoms with van der Waals surface area (Å²) < 4.78 is 75.5. The molecular formula is C36H36F4N6O3S. The van der Waals surface area contributed by atoms with Crippen LogP contribution in [0, 0.1) is 12.7 Å². The van der Waals surface area contributed by atoms with E-state index in [1.165, 1.54) is 17.4 Å². The SMILES string of the molecule is C=C(F)C(=O)N1[C@H](C)Cn2nc(-c3nc(-c4ccc5c(c4)nc(C)n5C)c4scc(F)c4c3C(COCCOC)=C(F)/C=C(\C)F)cc2[C@@H]1C. The number of benzene rings is 1. The Morgan fingerprint density at radius 1 is 1.14 bits per heavy atom. The van der Waals surface area contributed by atoms with Crippen molar-refractivity contribution in [3.8, 4) is 22.6 Å². The van der Waals surface area contributed by atoms with Crippen LogP contribution in [0.25, 0.3) is 49.3 Å². The fraction of sp³-hybridized carbons (Fsp3) is 0.333. The first-order chi connectivity index (χ1) is 23.8. The van der Waals surface area contributed by atoms with Gasteiger partial charge in [0.1, 0.15) is 23.2 Å². The van der Waals surface area contributed by atoms with Crippen LogP contribution in [0.4, 0.5) is 17.6 Å². The Bertz CT molecular complexity index is 2210. The molecular weight excluding hydrogens is 672 g/mol. The lowest BCUT2D eigenvalue weighted by molar-refractivity contribution is -0.134. The zero-order valence-corrected chi connectivity index (χ0v) is 29.3. The predicted molar refractivity (Wildman–Crippen MR) is 186 cm³/mol. The molecule has 0 fully saturated rings. The Balaban J connectivity index is 1.65. The summed E-state index contributed by atoms with van der Waals surface area (Å²) in [4.78, 5) is 23.9. The highest BCUT2D eigenvalue weighted by Gasteiger charge is 2.36. The molecule has 0 radical (unpaired) electrons. The highest BCUT2D eigenvalue weighted by atomic mass is 32.1. The third-order valence-corrected chi connectivity index (χ3v) is 9.88. The van der Waals surface area contributed by atoms with Gasteiger partial charge >= 0.3 is 0 Å². The van der Waals surface area contributed by atoms with Crippen LogP contribution in [0.1, 0.15) is 43.9 Å². The third kappa shape index (κ3) is 6.27. The standard InChI is InChI=1S/C36H36F4N6O3S/c1-18(37)12-25(39)24(16-49-11-10-48-7)31-32-26(40)17-50-35(32)33(23-8-9-29-27(13-23)41-22(5)44(29)6)42-34(31)28-14-30-21(4)46(36(47)20(3)38)19(2)15-45(30)43-28/h8-9,12-14,17,19,21H,3,10-11,15-16H2,1-2,4-7H3/b18-12+,25-24?/t19-,21+/m1/s1. The van der Waals surface area contributed by atoms with Crippen LogP contribution in [0.3, 0.4) is 0 Å². The number of aromatic nitrogens is 5. The van der Waals surface area contributed by atoms with Crippen LogP contribution < -0.4 is 0 Å². The molecule has 0 aliphatic carbocycles. The van der Waals surface area contributed by atoms with Crippen molar-refractivity contribution in [2.75, 3.05) is 26.9 Å². The van der Waals surface area contributed by atoms with Crippen molar-refractivity contribution in [1.29, 1.82) is 0 Å². The van der Waals surface area contributed by atoms with Crippen molar-refractivity contribution < 1.29 is 31.8 Å². The lowest BCUT2D eigenvalue weighted by Crippen LogP contribution is -2.47. The molecule has 1 aromatic carbocycles. The van der Waals surface area contributed by atoms with E-state index in [1.54, 1.807) is 24.6 Å². The first-order valence-corrected chi connectivity index (χ1v) is 16.8. The molecule has 5 aromatic rings. The number of hydrogen-bond donors (Lipinski definition) is 0. The summed E-state index contributed by atoms with van der Waals surface area (Å²) in [6, 6.07) is 6.23. The first-order valence-electron chi connectivity index (χ1n) is 15.9. The van der Waals surface area contributed by atoms with E-state index in [0.717, 1.165) is 35.7 Å². The monoisotopic (exact) mass is 708 g/mol. The number of carbonyl (C=O) groups is 1. The number of fused-ring (bicyclic) bond motifs is 3. The number of ether oxygens (including phenoxy) is 2. The Labute approximate surface area is 290 Å². The maximum atomic E-state index is 16.2. The van der Waals surface area contributed by atoms with Gasteiger partial charge < -0.3 is 18.9 Å². The number of aryl methyl sites for hydroxylation is 2. The topological polar surface area (TPSA) is 87.3 Å². The van der Waals surface area contributed by atoms with Gasteiger partial charge in [-0.3, -0.25) is 9.48 Å². The first kappa shape index (κ1) is 35.2. The Morgan fingerprint density at radius 3 is 2.60 bits per heavy atom. The van der Waals surface area contributed by atoms with E-state index in [0.29, 0.717) is 27.2 Å². The fourth-order valence-corrected chi connectivity index (χ4v) is 7.40. The molecule has 0 spiro atoms. The van der Waals surface area contributed by atoms with Gasteiger partial charge in [-0.05, 0) is 45.9 Å². The van der Waals surface area contributed by atoms with Gasteiger partial charge in [-0.2, -0.15) is 5.10 Å².